The van der Waals surface area contributed by atoms with Gasteiger partial charge in [0.25, 0.3) is 0 Å². The van der Waals surface area contributed by atoms with Crippen LogP contribution in [-0.2, 0) is 17.9 Å². The van der Waals surface area contributed by atoms with Crippen molar-refractivity contribution >= 4 is 29.3 Å². The van der Waals surface area contributed by atoms with Gasteiger partial charge >= 0.3 is 0 Å². The molecule has 5 nitrogen and oxygen atoms in total. The fourth-order valence-corrected chi connectivity index (χ4v) is 3.39. The number of hydrogen-bond acceptors (Lipinski definition) is 4. The second-order valence-electron chi connectivity index (χ2n) is 5.26. The van der Waals surface area contributed by atoms with Gasteiger partial charge in [0, 0.05) is 24.7 Å². The molecular weight excluding hydrogens is 346 g/mol. The molecule has 1 aromatic heterocycles. The van der Waals surface area contributed by atoms with E-state index in [1.165, 1.54) is 11.8 Å². The predicted molar refractivity (Wildman–Crippen MR) is 97.4 cm³/mol. The van der Waals surface area contributed by atoms with Gasteiger partial charge in [-0.05, 0) is 31.5 Å². The molecule has 1 aromatic carbocycles. The molecule has 0 saturated carbocycles. The number of rotatable bonds is 8. The summed E-state index contributed by atoms with van der Waals surface area (Å²) in [7, 11) is 0. The second-order valence-corrected chi connectivity index (χ2v) is 6.64. The van der Waals surface area contributed by atoms with Crippen LogP contribution in [0, 0.1) is 0 Å². The smallest absolute Gasteiger partial charge is 0.233 e. The van der Waals surface area contributed by atoms with Gasteiger partial charge < -0.3 is 14.6 Å². The number of carbonyl (C=O) groups is 1. The molecule has 0 atom stereocenters. The molecule has 0 aliphatic carbocycles. The molecule has 1 heterocycles. The summed E-state index contributed by atoms with van der Waals surface area (Å²) in [5, 5.41) is 10.9. The predicted octanol–water partition coefficient (Wildman–Crippen LogP) is 3.04. The maximum atomic E-state index is 12.2. The first-order chi connectivity index (χ1) is 11.6. The topological polar surface area (TPSA) is 58.4 Å². The molecule has 0 fully saturated rings. The Kier molecular flexibility index (Phi) is 7.15. The van der Waals surface area contributed by atoms with Crippen molar-refractivity contribution in [2.45, 2.75) is 32.2 Å². The van der Waals surface area contributed by atoms with Gasteiger partial charge in [0.15, 0.2) is 5.16 Å². The number of nitrogens with zero attached hydrogens (tertiary/aromatic N) is 3. The minimum absolute atomic E-state index is 0.0921. The third-order valence-corrected chi connectivity index (χ3v) is 4.99. The van der Waals surface area contributed by atoms with Crippen LogP contribution in [0.2, 0.25) is 5.02 Å². The lowest BCUT2D eigenvalue weighted by atomic mass is 10.2. The summed E-state index contributed by atoms with van der Waals surface area (Å²) in [5.74, 6) is 0.432. The van der Waals surface area contributed by atoms with Crippen LogP contribution in [0.5, 0.6) is 0 Å². The fraction of sp³-hybridized carbons (Fsp3) is 0.412. The number of benzene rings is 1. The van der Waals surface area contributed by atoms with Gasteiger partial charge in [0.1, 0.15) is 0 Å². The van der Waals surface area contributed by atoms with E-state index in [1.54, 1.807) is 11.1 Å². The van der Waals surface area contributed by atoms with Gasteiger partial charge in [-0.2, -0.15) is 0 Å². The lowest BCUT2D eigenvalue weighted by Gasteiger charge is -2.18. The average Bonchev–Trinajstić information content (AvgIpc) is 2.98. The molecule has 2 aromatic rings. The van der Waals surface area contributed by atoms with Crippen LogP contribution in [0.4, 0.5) is 0 Å². The van der Waals surface area contributed by atoms with Crippen molar-refractivity contribution in [3.05, 3.63) is 46.7 Å². The maximum absolute atomic E-state index is 12.2. The third kappa shape index (κ3) is 4.75. The number of aromatic nitrogens is 2. The molecule has 130 valence electrons. The number of thioether (sulfide) groups is 1. The zero-order chi connectivity index (χ0) is 17.5. The third-order valence-electron chi connectivity index (χ3n) is 3.76. The van der Waals surface area contributed by atoms with Crippen molar-refractivity contribution in [2.24, 2.45) is 0 Å². The zero-order valence-corrected chi connectivity index (χ0v) is 15.5. The quantitative estimate of drug-likeness (QED) is 0.728. The molecular formula is C17H22ClN3O2S. The molecule has 1 N–H and O–H groups in total. The van der Waals surface area contributed by atoms with Crippen LogP contribution < -0.4 is 0 Å². The van der Waals surface area contributed by atoms with Crippen LogP contribution in [-0.4, -0.2) is 44.3 Å². The monoisotopic (exact) mass is 367 g/mol. The minimum atomic E-state index is -0.0921. The first-order valence-electron chi connectivity index (χ1n) is 7.89. The van der Waals surface area contributed by atoms with Crippen molar-refractivity contribution in [3.63, 3.8) is 0 Å². The van der Waals surface area contributed by atoms with Gasteiger partial charge in [-0.15, -0.1) is 0 Å². The van der Waals surface area contributed by atoms with Crippen molar-refractivity contribution in [2.75, 3.05) is 18.8 Å². The number of carbonyl (C=O) groups excluding carboxylic acids is 1. The first kappa shape index (κ1) is 18.8. The summed E-state index contributed by atoms with van der Waals surface area (Å²) in [6, 6.07) is 7.56. The van der Waals surface area contributed by atoms with E-state index in [0.29, 0.717) is 30.4 Å². The largest absolute Gasteiger partial charge is 0.390 e. The Hall–Kier alpha value is -1.50. The van der Waals surface area contributed by atoms with E-state index < -0.39 is 0 Å². The Morgan fingerprint density at radius 3 is 2.54 bits per heavy atom. The van der Waals surface area contributed by atoms with E-state index in [4.69, 9.17) is 11.6 Å². The minimum Gasteiger partial charge on any atom is -0.390 e. The van der Waals surface area contributed by atoms with Gasteiger partial charge in [0.05, 0.1) is 24.3 Å². The lowest BCUT2D eigenvalue weighted by molar-refractivity contribution is -0.127. The Morgan fingerprint density at radius 2 is 1.96 bits per heavy atom. The van der Waals surface area contributed by atoms with Gasteiger partial charge in [0.2, 0.25) is 5.91 Å². The number of aliphatic hydroxyl groups is 1. The molecule has 24 heavy (non-hydrogen) atoms. The van der Waals surface area contributed by atoms with E-state index in [0.717, 1.165) is 16.4 Å². The summed E-state index contributed by atoms with van der Waals surface area (Å²) >= 11 is 7.32. The van der Waals surface area contributed by atoms with Crippen LogP contribution in [0.25, 0.3) is 0 Å². The Bertz CT molecular complexity index is 669. The van der Waals surface area contributed by atoms with E-state index >= 15 is 0 Å². The van der Waals surface area contributed by atoms with Crippen LogP contribution >= 0.6 is 23.4 Å². The highest BCUT2D eigenvalue weighted by Crippen LogP contribution is 2.21. The van der Waals surface area contributed by atoms with E-state index in [9.17, 15) is 9.90 Å². The second kappa shape index (κ2) is 9.11. The SMILES string of the molecule is CCN(CC)C(=O)CSc1ncc(CO)n1Cc1ccc(Cl)cc1. The molecule has 1 amide bonds. The molecule has 7 heteroatoms. The van der Waals surface area contributed by atoms with Crippen LogP contribution in [0.3, 0.4) is 0 Å². The highest BCUT2D eigenvalue weighted by atomic mass is 35.5. The Balaban J connectivity index is 2.12. The van der Waals surface area contributed by atoms with Crippen LogP contribution in [0.15, 0.2) is 35.6 Å². The van der Waals surface area contributed by atoms with Crippen molar-refractivity contribution in [3.8, 4) is 0 Å². The average molecular weight is 368 g/mol. The van der Waals surface area contributed by atoms with E-state index in [-0.39, 0.29) is 12.5 Å². The molecule has 0 unspecified atom stereocenters. The molecule has 0 radical (unpaired) electrons. The standard InChI is InChI=1S/C17H22ClN3O2S/c1-3-20(4-2)16(23)12-24-17-19-9-15(11-22)21(17)10-13-5-7-14(18)8-6-13/h5-9,22H,3-4,10-12H2,1-2H3. The number of halogens is 1. The van der Waals surface area contributed by atoms with Crippen molar-refractivity contribution in [1.29, 1.82) is 0 Å². The molecule has 2 rings (SSSR count). The molecule has 0 aliphatic heterocycles. The fourth-order valence-electron chi connectivity index (χ4n) is 2.37. The highest BCUT2D eigenvalue weighted by Gasteiger charge is 2.15. The lowest BCUT2D eigenvalue weighted by Crippen LogP contribution is -2.32. The molecule has 0 saturated heterocycles. The van der Waals surface area contributed by atoms with E-state index in [2.05, 4.69) is 4.98 Å². The van der Waals surface area contributed by atoms with Gasteiger partial charge in [-0.25, -0.2) is 4.98 Å². The molecule has 0 spiro atoms. The summed E-state index contributed by atoms with van der Waals surface area (Å²) < 4.78 is 1.93. The van der Waals surface area contributed by atoms with Gasteiger partial charge in [-0.3, -0.25) is 4.79 Å². The Morgan fingerprint density at radius 1 is 1.29 bits per heavy atom. The molecule has 0 aliphatic rings. The van der Waals surface area contributed by atoms with Crippen molar-refractivity contribution < 1.29 is 9.90 Å². The number of imidazole rings is 1. The van der Waals surface area contributed by atoms with E-state index in [1.807, 2.05) is 42.7 Å². The number of amides is 1. The van der Waals surface area contributed by atoms with Gasteiger partial charge in [-0.1, -0.05) is 35.5 Å². The van der Waals surface area contributed by atoms with Crippen LogP contribution in [0.1, 0.15) is 25.1 Å². The summed E-state index contributed by atoms with van der Waals surface area (Å²) in [6.45, 7) is 5.84. The summed E-state index contributed by atoms with van der Waals surface area (Å²) in [6.07, 6.45) is 1.65. The maximum Gasteiger partial charge on any atom is 0.233 e. The first-order valence-corrected chi connectivity index (χ1v) is 9.25. The zero-order valence-electron chi connectivity index (χ0n) is 13.9. The van der Waals surface area contributed by atoms with Crippen molar-refractivity contribution in [1.82, 2.24) is 14.5 Å². The number of aliphatic hydroxyl groups excluding tert-OH is 1. The Labute approximate surface area is 151 Å². The molecule has 0 bridgehead atoms. The summed E-state index contributed by atoms with van der Waals surface area (Å²) in [4.78, 5) is 18.3. The normalized spacial score (nSPS) is 10.8. The summed E-state index contributed by atoms with van der Waals surface area (Å²) in [5.41, 5.74) is 1.78. The number of hydrogen-bond donors (Lipinski definition) is 1. The highest BCUT2D eigenvalue weighted by molar-refractivity contribution is 7.99.